The maximum absolute atomic E-state index is 13.3. The van der Waals surface area contributed by atoms with E-state index in [4.69, 9.17) is 9.73 Å². The highest BCUT2D eigenvalue weighted by Gasteiger charge is 2.39. The van der Waals surface area contributed by atoms with Crippen LogP contribution in [0.1, 0.15) is 17.5 Å². The number of hydrogen-bond acceptors (Lipinski definition) is 5. The first kappa shape index (κ1) is 22.6. The molecular weight excluding hydrogens is 434 g/mol. The fourth-order valence-corrected chi connectivity index (χ4v) is 4.70. The molecule has 168 valence electrons. The van der Waals surface area contributed by atoms with E-state index < -0.39 is 5.25 Å². The van der Waals surface area contributed by atoms with Crippen LogP contribution in [0.4, 0.5) is 11.4 Å². The molecule has 3 aromatic carbocycles. The molecule has 1 heterocycles. The van der Waals surface area contributed by atoms with Crippen molar-refractivity contribution >= 4 is 40.1 Å². The first-order valence-electron chi connectivity index (χ1n) is 10.6. The maximum atomic E-state index is 13.3. The summed E-state index contributed by atoms with van der Waals surface area (Å²) < 4.78 is 5.30. The summed E-state index contributed by atoms with van der Waals surface area (Å²) in [6, 6.07) is 24.8. The van der Waals surface area contributed by atoms with Gasteiger partial charge in [0.15, 0.2) is 5.17 Å². The summed E-state index contributed by atoms with van der Waals surface area (Å²) in [7, 11) is 1.55. The van der Waals surface area contributed by atoms with Gasteiger partial charge in [-0.25, -0.2) is 4.99 Å². The Morgan fingerprint density at radius 2 is 1.73 bits per heavy atom. The zero-order chi connectivity index (χ0) is 23.2. The van der Waals surface area contributed by atoms with Crippen LogP contribution >= 0.6 is 11.8 Å². The van der Waals surface area contributed by atoms with E-state index >= 15 is 0 Å². The van der Waals surface area contributed by atoms with Crippen LogP contribution in [0.3, 0.4) is 0 Å². The lowest BCUT2D eigenvalue weighted by atomic mass is 10.2. The molecule has 2 amide bonds. The van der Waals surface area contributed by atoms with Gasteiger partial charge in [-0.1, -0.05) is 72.4 Å². The van der Waals surface area contributed by atoms with Crippen molar-refractivity contribution in [1.82, 2.24) is 4.90 Å². The number of benzene rings is 3. The van der Waals surface area contributed by atoms with Crippen molar-refractivity contribution in [3.63, 3.8) is 0 Å². The number of ether oxygens (including phenoxy) is 1. The second-order valence-electron chi connectivity index (χ2n) is 7.65. The van der Waals surface area contributed by atoms with Crippen LogP contribution in [0.15, 0.2) is 83.9 Å². The van der Waals surface area contributed by atoms with Crippen molar-refractivity contribution in [2.24, 2.45) is 4.99 Å². The first-order chi connectivity index (χ1) is 16.0. The SMILES string of the molecule is COc1ccccc1NC(=O)CC1SC(=Nc2ccccc2C)N(Cc2ccccc2)C1=O. The standard InChI is InChI=1S/C26H25N3O3S/c1-18-10-6-7-13-20(18)28-26-29(17-19-11-4-3-5-12-19)25(31)23(33-26)16-24(30)27-21-14-8-9-15-22(21)32-2/h3-15,23H,16-17H2,1-2H3,(H,27,30). The first-order valence-corrected chi connectivity index (χ1v) is 11.5. The van der Waals surface area contributed by atoms with Crippen LogP contribution in [-0.2, 0) is 16.1 Å². The Morgan fingerprint density at radius 3 is 2.48 bits per heavy atom. The lowest BCUT2D eigenvalue weighted by Gasteiger charge is -2.17. The van der Waals surface area contributed by atoms with Crippen LogP contribution in [0.25, 0.3) is 0 Å². The number of amides is 2. The molecule has 1 saturated heterocycles. The summed E-state index contributed by atoms with van der Waals surface area (Å²) in [6.07, 6.45) is 0.0413. The Bertz CT molecular complexity index is 1180. The van der Waals surface area contributed by atoms with Crippen molar-refractivity contribution < 1.29 is 14.3 Å². The van der Waals surface area contributed by atoms with E-state index in [1.807, 2.05) is 73.7 Å². The van der Waals surface area contributed by atoms with Crippen LogP contribution in [0.5, 0.6) is 5.75 Å². The molecule has 0 saturated carbocycles. The monoisotopic (exact) mass is 459 g/mol. The van der Waals surface area contributed by atoms with E-state index in [-0.39, 0.29) is 18.2 Å². The molecule has 1 atom stereocenters. The molecular formula is C26H25N3O3S. The van der Waals surface area contributed by atoms with Gasteiger partial charge in [0, 0.05) is 6.42 Å². The number of carbonyl (C=O) groups is 2. The van der Waals surface area contributed by atoms with Gasteiger partial charge >= 0.3 is 0 Å². The Labute approximate surface area is 197 Å². The normalized spacial score (nSPS) is 16.8. The Hall–Kier alpha value is -3.58. The number of anilines is 1. The molecule has 6 nitrogen and oxygen atoms in total. The van der Waals surface area contributed by atoms with E-state index in [1.165, 1.54) is 11.8 Å². The van der Waals surface area contributed by atoms with Crippen molar-refractivity contribution in [3.8, 4) is 5.75 Å². The zero-order valence-electron chi connectivity index (χ0n) is 18.5. The van der Waals surface area contributed by atoms with Gasteiger partial charge < -0.3 is 10.1 Å². The molecule has 0 radical (unpaired) electrons. The Balaban J connectivity index is 1.56. The largest absolute Gasteiger partial charge is 0.495 e. The number of carbonyl (C=O) groups excluding carboxylic acids is 2. The number of nitrogens with one attached hydrogen (secondary N) is 1. The van der Waals surface area contributed by atoms with E-state index in [2.05, 4.69) is 5.32 Å². The number of para-hydroxylation sites is 3. The highest BCUT2D eigenvalue weighted by atomic mass is 32.2. The van der Waals surface area contributed by atoms with Gasteiger partial charge in [0.05, 0.1) is 25.0 Å². The number of hydrogen-bond donors (Lipinski definition) is 1. The fourth-order valence-electron chi connectivity index (χ4n) is 3.55. The summed E-state index contributed by atoms with van der Waals surface area (Å²) in [5.74, 6) is 0.206. The van der Waals surface area contributed by atoms with Crippen molar-refractivity contribution in [2.45, 2.75) is 25.1 Å². The molecule has 1 aliphatic rings. The average Bonchev–Trinajstić information content (AvgIpc) is 3.10. The number of aryl methyl sites for hydroxylation is 1. The highest BCUT2D eigenvalue weighted by molar-refractivity contribution is 8.15. The molecule has 0 bridgehead atoms. The molecule has 3 aromatic rings. The Morgan fingerprint density at radius 1 is 1.03 bits per heavy atom. The lowest BCUT2D eigenvalue weighted by Crippen LogP contribution is -2.33. The van der Waals surface area contributed by atoms with Crippen molar-refractivity contribution in [3.05, 3.63) is 90.0 Å². The van der Waals surface area contributed by atoms with Crippen LogP contribution in [0, 0.1) is 6.92 Å². The Kier molecular flexibility index (Phi) is 7.10. The fraction of sp³-hybridized carbons (Fsp3) is 0.192. The molecule has 1 fully saturated rings. The summed E-state index contributed by atoms with van der Waals surface area (Å²) in [5.41, 5.74) is 3.42. The molecule has 1 N–H and O–H groups in total. The molecule has 7 heteroatoms. The smallest absolute Gasteiger partial charge is 0.242 e. The predicted molar refractivity (Wildman–Crippen MR) is 133 cm³/mol. The average molecular weight is 460 g/mol. The number of methoxy groups -OCH3 is 1. The van der Waals surface area contributed by atoms with Crippen molar-refractivity contribution in [2.75, 3.05) is 12.4 Å². The van der Waals surface area contributed by atoms with Gasteiger partial charge in [-0.3, -0.25) is 14.5 Å². The zero-order valence-corrected chi connectivity index (χ0v) is 19.3. The minimum Gasteiger partial charge on any atom is -0.495 e. The quantitative estimate of drug-likeness (QED) is 0.530. The second kappa shape index (κ2) is 10.4. The van der Waals surface area contributed by atoms with Gasteiger partial charge in [0.1, 0.15) is 11.0 Å². The molecule has 1 unspecified atom stereocenters. The van der Waals surface area contributed by atoms with Gasteiger partial charge in [-0.15, -0.1) is 0 Å². The van der Waals surface area contributed by atoms with Gasteiger partial charge in [-0.05, 0) is 36.2 Å². The molecule has 4 rings (SSSR count). The highest BCUT2D eigenvalue weighted by Crippen LogP contribution is 2.34. The number of aliphatic imine (C=N–C) groups is 1. The van der Waals surface area contributed by atoms with Crippen LogP contribution < -0.4 is 10.1 Å². The van der Waals surface area contributed by atoms with Crippen LogP contribution in [0.2, 0.25) is 0 Å². The summed E-state index contributed by atoms with van der Waals surface area (Å²) in [4.78, 5) is 32.6. The van der Waals surface area contributed by atoms with E-state index in [9.17, 15) is 9.59 Å². The number of nitrogens with zero attached hydrogens (tertiary/aromatic N) is 2. The van der Waals surface area contributed by atoms with Gasteiger partial charge in [-0.2, -0.15) is 0 Å². The molecule has 33 heavy (non-hydrogen) atoms. The second-order valence-corrected chi connectivity index (χ2v) is 8.82. The van der Waals surface area contributed by atoms with Crippen molar-refractivity contribution in [1.29, 1.82) is 0 Å². The maximum Gasteiger partial charge on any atom is 0.242 e. The van der Waals surface area contributed by atoms with E-state index in [0.29, 0.717) is 23.1 Å². The molecule has 1 aliphatic heterocycles. The molecule has 0 spiro atoms. The minimum atomic E-state index is -0.550. The predicted octanol–water partition coefficient (Wildman–Crippen LogP) is 5.16. The third-order valence-corrected chi connectivity index (χ3v) is 6.46. The van der Waals surface area contributed by atoms with Crippen LogP contribution in [-0.4, -0.2) is 34.2 Å². The third-order valence-electron chi connectivity index (χ3n) is 5.29. The number of rotatable bonds is 7. The summed E-state index contributed by atoms with van der Waals surface area (Å²) in [6.45, 7) is 2.39. The van der Waals surface area contributed by atoms with E-state index in [1.54, 1.807) is 24.1 Å². The third kappa shape index (κ3) is 5.43. The van der Waals surface area contributed by atoms with E-state index in [0.717, 1.165) is 16.8 Å². The topological polar surface area (TPSA) is 71.0 Å². The van der Waals surface area contributed by atoms with Gasteiger partial charge in [0.25, 0.3) is 0 Å². The summed E-state index contributed by atoms with van der Waals surface area (Å²) >= 11 is 1.33. The number of amidine groups is 1. The molecule has 0 aromatic heterocycles. The minimum absolute atomic E-state index is 0.0413. The van der Waals surface area contributed by atoms with Gasteiger partial charge in [0.2, 0.25) is 11.8 Å². The lowest BCUT2D eigenvalue weighted by molar-refractivity contribution is -0.128. The summed E-state index contributed by atoms with van der Waals surface area (Å²) in [5, 5.41) is 2.91. The number of thioether (sulfide) groups is 1. The molecule has 0 aliphatic carbocycles.